The van der Waals surface area contributed by atoms with Gasteiger partial charge in [0.2, 0.25) is 5.76 Å². The van der Waals surface area contributed by atoms with E-state index in [2.05, 4.69) is 0 Å². The quantitative estimate of drug-likeness (QED) is 0.333. The summed E-state index contributed by atoms with van der Waals surface area (Å²) in [7, 11) is 1.60. The maximum absolute atomic E-state index is 13.9. The highest BCUT2D eigenvalue weighted by molar-refractivity contribution is 5.99. The van der Waals surface area contributed by atoms with Crippen LogP contribution in [0.15, 0.2) is 82.0 Å². The van der Waals surface area contributed by atoms with Crippen LogP contribution >= 0.6 is 0 Å². The van der Waals surface area contributed by atoms with Crippen LogP contribution in [-0.4, -0.2) is 31.1 Å². The first-order valence-electron chi connectivity index (χ1n) is 11.4. The second-order valence-corrected chi connectivity index (χ2v) is 8.41. The van der Waals surface area contributed by atoms with Gasteiger partial charge in [-0.25, -0.2) is 4.39 Å². The number of hydrogen-bond acceptors (Lipinski definition) is 5. The summed E-state index contributed by atoms with van der Waals surface area (Å²) < 4.78 is 30.8. The number of fused-ring (bicyclic) bond motifs is 2. The number of ether oxygens (including phenoxy) is 2. The zero-order chi connectivity index (χ0) is 24.4. The van der Waals surface area contributed by atoms with E-state index in [1.54, 1.807) is 12.0 Å². The Labute approximate surface area is 201 Å². The molecule has 4 aromatic rings. The van der Waals surface area contributed by atoms with Gasteiger partial charge in [0, 0.05) is 20.3 Å². The van der Waals surface area contributed by atoms with Gasteiger partial charge in [0.05, 0.1) is 17.0 Å². The van der Waals surface area contributed by atoms with Crippen LogP contribution in [0.2, 0.25) is 0 Å². The molecule has 5 rings (SSSR count). The molecule has 0 aliphatic carbocycles. The van der Waals surface area contributed by atoms with Gasteiger partial charge in [-0.15, -0.1) is 0 Å². The molecule has 0 saturated heterocycles. The van der Waals surface area contributed by atoms with Gasteiger partial charge < -0.3 is 18.8 Å². The molecule has 2 heterocycles. The van der Waals surface area contributed by atoms with Crippen molar-refractivity contribution < 1.29 is 23.1 Å². The monoisotopic (exact) mass is 473 g/mol. The van der Waals surface area contributed by atoms with E-state index < -0.39 is 17.3 Å². The largest absolute Gasteiger partial charge is 0.489 e. The van der Waals surface area contributed by atoms with Gasteiger partial charge in [-0.2, -0.15) is 0 Å². The molecule has 0 fully saturated rings. The van der Waals surface area contributed by atoms with Gasteiger partial charge in [-0.05, 0) is 47.9 Å². The lowest BCUT2D eigenvalue weighted by molar-refractivity contribution is 0.0708. The van der Waals surface area contributed by atoms with Crippen molar-refractivity contribution in [2.75, 3.05) is 20.3 Å². The van der Waals surface area contributed by atoms with Gasteiger partial charge in [0.15, 0.2) is 5.43 Å². The lowest BCUT2D eigenvalue weighted by atomic mass is 9.98. The Balaban J connectivity index is 1.51. The van der Waals surface area contributed by atoms with Crippen molar-refractivity contribution in [1.29, 1.82) is 0 Å². The van der Waals surface area contributed by atoms with E-state index in [1.807, 2.05) is 54.6 Å². The van der Waals surface area contributed by atoms with Gasteiger partial charge >= 0.3 is 0 Å². The van der Waals surface area contributed by atoms with E-state index in [1.165, 1.54) is 12.1 Å². The molecular weight excluding hydrogens is 449 g/mol. The zero-order valence-electron chi connectivity index (χ0n) is 19.2. The van der Waals surface area contributed by atoms with Crippen LogP contribution in [0.25, 0.3) is 11.0 Å². The molecule has 7 heteroatoms. The first kappa shape index (κ1) is 22.8. The average Bonchev–Trinajstić information content (AvgIpc) is 3.16. The van der Waals surface area contributed by atoms with Crippen LogP contribution in [0.4, 0.5) is 4.39 Å². The van der Waals surface area contributed by atoms with Crippen molar-refractivity contribution in [1.82, 2.24) is 4.90 Å². The maximum Gasteiger partial charge on any atom is 0.290 e. The number of methoxy groups -OCH3 is 1. The third-order valence-electron chi connectivity index (χ3n) is 6.12. The number of hydrogen-bond donors (Lipinski definition) is 0. The minimum absolute atomic E-state index is 0.000860. The molecule has 0 spiro atoms. The molecule has 178 valence electrons. The number of rotatable bonds is 8. The molecule has 0 radical (unpaired) electrons. The van der Waals surface area contributed by atoms with Gasteiger partial charge in [0.1, 0.15) is 23.8 Å². The van der Waals surface area contributed by atoms with E-state index >= 15 is 0 Å². The van der Waals surface area contributed by atoms with Gasteiger partial charge in [0.25, 0.3) is 5.91 Å². The summed E-state index contributed by atoms with van der Waals surface area (Å²) in [5.74, 6) is -0.238. The predicted octanol–water partition coefficient (Wildman–Crippen LogP) is 5.09. The maximum atomic E-state index is 13.9. The molecule has 1 atom stereocenters. The van der Waals surface area contributed by atoms with Crippen molar-refractivity contribution in [3.8, 4) is 5.75 Å². The minimum Gasteiger partial charge on any atom is -0.489 e. The van der Waals surface area contributed by atoms with Crippen LogP contribution in [0.5, 0.6) is 5.75 Å². The molecule has 3 aromatic carbocycles. The molecule has 6 nitrogen and oxygen atoms in total. The minimum atomic E-state index is -0.651. The Morgan fingerprint density at radius 2 is 1.77 bits per heavy atom. The Hall–Kier alpha value is -3.97. The molecule has 0 N–H and O–H groups in total. The molecule has 1 aliphatic rings. The summed E-state index contributed by atoms with van der Waals surface area (Å²) >= 11 is 0. The highest BCUT2D eigenvalue weighted by Gasteiger charge is 2.42. The van der Waals surface area contributed by atoms with Crippen molar-refractivity contribution in [2.45, 2.75) is 19.1 Å². The first-order valence-corrected chi connectivity index (χ1v) is 11.4. The van der Waals surface area contributed by atoms with Crippen molar-refractivity contribution in [3.63, 3.8) is 0 Å². The smallest absolute Gasteiger partial charge is 0.290 e. The highest BCUT2D eigenvalue weighted by atomic mass is 19.1. The molecule has 1 amide bonds. The zero-order valence-corrected chi connectivity index (χ0v) is 19.2. The summed E-state index contributed by atoms with van der Waals surface area (Å²) in [5.41, 5.74) is 1.80. The predicted molar refractivity (Wildman–Crippen MR) is 129 cm³/mol. The summed E-state index contributed by atoms with van der Waals surface area (Å²) in [5, 5.41) is 0.114. The van der Waals surface area contributed by atoms with Gasteiger partial charge in [-0.1, -0.05) is 42.5 Å². The second kappa shape index (κ2) is 9.72. The standard InChI is InChI=1S/C28H24FNO5/c1-33-15-5-14-30-25(19-8-11-21(12-9-19)34-17-18-6-3-2-4-7-18)24-26(31)22-16-20(29)10-13-23(22)35-27(24)28(30)32/h2-4,6-13,16,25H,5,14-15,17H2,1H3. The Morgan fingerprint density at radius 3 is 2.51 bits per heavy atom. The van der Waals surface area contributed by atoms with E-state index in [9.17, 15) is 14.0 Å². The number of amides is 1. The van der Waals surface area contributed by atoms with Crippen LogP contribution < -0.4 is 10.2 Å². The molecule has 1 aliphatic heterocycles. The van der Waals surface area contributed by atoms with Crippen LogP contribution in [0.1, 0.15) is 39.7 Å². The molecule has 35 heavy (non-hydrogen) atoms. The summed E-state index contributed by atoms with van der Waals surface area (Å²) in [6.45, 7) is 1.26. The van der Waals surface area contributed by atoms with Crippen LogP contribution in [0.3, 0.4) is 0 Å². The topological polar surface area (TPSA) is 69.0 Å². The normalized spacial score (nSPS) is 15.0. The lowest BCUT2D eigenvalue weighted by Crippen LogP contribution is -2.31. The highest BCUT2D eigenvalue weighted by Crippen LogP contribution is 2.38. The molecule has 0 saturated carbocycles. The number of carbonyl (C=O) groups is 1. The lowest BCUT2D eigenvalue weighted by Gasteiger charge is -2.25. The molecule has 1 aromatic heterocycles. The third-order valence-corrected chi connectivity index (χ3v) is 6.12. The van der Waals surface area contributed by atoms with Crippen LogP contribution in [0, 0.1) is 5.82 Å². The second-order valence-electron chi connectivity index (χ2n) is 8.41. The Morgan fingerprint density at radius 1 is 1.00 bits per heavy atom. The third kappa shape index (κ3) is 4.42. The van der Waals surface area contributed by atoms with E-state index in [0.29, 0.717) is 31.9 Å². The number of benzene rings is 3. The fraction of sp³-hybridized carbons (Fsp3) is 0.214. The number of nitrogens with zero attached hydrogens (tertiary/aromatic N) is 1. The first-order chi connectivity index (χ1) is 17.1. The SMILES string of the molecule is COCCCN1C(=O)c2oc3ccc(F)cc3c(=O)c2C1c1ccc(OCc2ccccc2)cc1. The Bertz CT molecular complexity index is 1420. The fourth-order valence-corrected chi connectivity index (χ4v) is 4.44. The van der Waals surface area contributed by atoms with Crippen molar-refractivity contribution in [2.24, 2.45) is 0 Å². The summed E-state index contributed by atoms with van der Waals surface area (Å²) in [4.78, 5) is 28.4. The summed E-state index contributed by atoms with van der Waals surface area (Å²) in [6, 6.07) is 20.2. The van der Waals surface area contributed by atoms with Gasteiger partial charge in [-0.3, -0.25) is 9.59 Å². The van der Waals surface area contributed by atoms with Crippen molar-refractivity contribution in [3.05, 3.63) is 111 Å². The summed E-state index contributed by atoms with van der Waals surface area (Å²) in [6.07, 6.45) is 0.591. The molecular formula is C28H24FNO5. The Kier molecular flexibility index (Phi) is 6.33. The average molecular weight is 474 g/mol. The van der Waals surface area contributed by atoms with Crippen LogP contribution in [-0.2, 0) is 11.3 Å². The number of carbonyl (C=O) groups excluding carboxylic acids is 1. The fourth-order valence-electron chi connectivity index (χ4n) is 4.44. The van der Waals surface area contributed by atoms with E-state index in [4.69, 9.17) is 13.9 Å². The molecule has 0 bridgehead atoms. The van der Waals surface area contributed by atoms with Crippen molar-refractivity contribution >= 4 is 16.9 Å². The molecule has 1 unspecified atom stereocenters. The number of halogens is 1. The van der Waals surface area contributed by atoms with E-state index in [0.717, 1.165) is 17.2 Å². The van der Waals surface area contributed by atoms with E-state index in [-0.39, 0.29) is 28.2 Å².